The second kappa shape index (κ2) is 6.63. The van der Waals surface area contributed by atoms with Gasteiger partial charge >= 0.3 is 0 Å². The summed E-state index contributed by atoms with van der Waals surface area (Å²) in [6.45, 7) is 2.29. The fourth-order valence-electron chi connectivity index (χ4n) is 5.02. The SMILES string of the molecule is CC1=CN=C(c2cccc(C3CCCC3)c2)CC1C1CCCC1. The van der Waals surface area contributed by atoms with Gasteiger partial charge in [0, 0.05) is 11.9 Å². The van der Waals surface area contributed by atoms with Gasteiger partial charge in [0.25, 0.3) is 0 Å². The molecule has 2 aliphatic carbocycles. The molecule has 1 aromatic rings. The van der Waals surface area contributed by atoms with Crippen molar-refractivity contribution in [2.45, 2.75) is 70.6 Å². The Morgan fingerprint density at radius 1 is 0.957 bits per heavy atom. The van der Waals surface area contributed by atoms with Gasteiger partial charge in [0.2, 0.25) is 0 Å². The molecule has 0 amide bonds. The van der Waals surface area contributed by atoms with E-state index in [1.54, 1.807) is 5.56 Å². The van der Waals surface area contributed by atoms with E-state index in [9.17, 15) is 0 Å². The third kappa shape index (κ3) is 3.16. The Hall–Kier alpha value is -1.37. The zero-order chi connectivity index (χ0) is 15.6. The van der Waals surface area contributed by atoms with Crippen LogP contribution in [0.25, 0.3) is 0 Å². The molecule has 1 heterocycles. The Morgan fingerprint density at radius 3 is 2.48 bits per heavy atom. The maximum absolute atomic E-state index is 4.82. The largest absolute Gasteiger partial charge is 0.261 e. The molecule has 1 unspecified atom stereocenters. The quantitative estimate of drug-likeness (QED) is 0.626. The van der Waals surface area contributed by atoms with Crippen LogP contribution >= 0.6 is 0 Å². The van der Waals surface area contributed by atoms with Crippen molar-refractivity contribution in [2.75, 3.05) is 0 Å². The molecule has 1 nitrogen and oxygen atoms in total. The Bertz CT molecular complexity index is 613. The van der Waals surface area contributed by atoms with Gasteiger partial charge < -0.3 is 0 Å². The molecule has 0 spiro atoms. The monoisotopic (exact) mass is 307 g/mol. The smallest absolute Gasteiger partial charge is 0.0481 e. The molecule has 1 aliphatic heterocycles. The van der Waals surface area contributed by atoms with E-state index in [0.717, 1.165) is 24.2 Å². The number of benzene rings is 1. The first kappa shape index (κ1) is 15.2. The molecule has 0 radical (unpaired) electrons. The van der Waals surface area contributed by atoms with Crippen LogP contribution in [0, 0.1) is 11.8 Å². The van der Waals surface area contributed by atoms with Crippen molar-refractivity contribution in [2.24, 2.45) is 16.8 Å². The molecule has 1 heteroatoms. The van der Waals surface area contributed by atoms with Gasteiger partial charge in [0.15, 0.2) is 0 Å². The van der Waals surface area contributed by atoms with Crippen molar-refractivity contribution in [1.82, 2.24) is 0 Å². The van der Waals surface area contributed by atoms with Gasteiger partial charge in [-0.15, -0.1) is 0 Å². The van der Waals surface area contributed by atoms with Gasteiger partial charge in [-0.25, -0.2) is 0 Å². The summed E-state index contributed by atoms with van der Waals surface area (Å²) in [4.78, 5) is 4.82. The lowest BCUT2D eigenvalue weighted by Gasteiger charge is -2.28. The van der Waals surface area contributed by atoms with Crippen molar-refractivity contribution < 1.29 is 0 Å². The number of allylic oxidation sites excluding steroid dienone is 1. The minimum atomic E-state index is 0.736. The predicted molar refractivity (Wildman–Crippen MR) is 98.0 cm³/mol. The summed E-state index contributed by atoms with van der Waals surface area (Å²) in [5.41, 5.74) is 5.76. The fourth-order valence-corrected chi connectivity index (χ4v) is 5.02. The van der Waals surface area contributed by atoms with E-state index in [1.807, 2.05) is 0 Å². The molecule has 1 aromatic carbocycles. The van der Waals surface area contributed by atoms with Gasteiger partial charge in [0.1, 0.15) is 0 Å². The predicted octanol–water partition coefficient (Wildman–Crippen LogP) is 6.25. The lowest BCUT2D eigenvalue weighted by Crippen LogP contribution is -2.21. The zero-order valence-electron chi connectivity index (χ0n) is 14.4. The number of hydrogen-bond donors (Lipinski definition) is 0. The van der Waals surface area contributed by atoms with Crippen LogP contribution in [0.5, 0.6) is 0 Å². The molecule has 0 aromatic heterocycles. The Balaban J connectivity index is 1.56. The lowest BCUT2D eigenvalue weighted by atomic mass is 9.79. The van der Waals surface area contributed by atoms with Crippen LogP contribution < -0.4 is 0 Å². The average molecular weight is 307 g/mol. The molecule has 3 aliphatic rings. The summed E-state index contributed by atoms with van der Waals surface area (Å²) < 4.78 is 0. The van der Waals surface area contributed by atoms with Gasteiger partial charge in [-0.1, -0.05) is 49.5 Å². The van der Waals surface area contributed by atoms with Crippen LogP contribution in [-0.4, -0.2) is 5.71 Å². The molecular formula is C22H29N. The van der Waals surface area contributed by atoms with Crippen LogP contribution in [0.3, 0.4) is 0 Å². The van der Waals surface area contributed by atoms with Crippen molar-refractivity contribution in [3.63, 3.8) is 0 Å². The van der Waals surface area contributed by atoms with E-state index in [0.29, 0.717) is 0 Å². The highest BCUT2D eigenvalue weighted by Crippen LogP contribution is 2.40. The van der Waals surface area contributed by atoms with Crippen LogP contribution in [0.1, 0.15) is 81.8 Å². The molecule has 122 valence electrons. The molecule has 0 saturated heterocycles. The summed E-state index contributed by atoms with van der Waals surface area (Å²) in [6.07, 6.45) is 14.6. The topological polar surface area (TPSA) is 12.4 Å². The summed E-state index contributed by atoms with van der Waals surface area (Å²) in [6, 6.07) is 9.30. The summed E-state index contributed by atoms with van der Waals surface area (Å²) in [7, 11) is 0. The van der Waals surface area contributed by atoms with Gasteiger partial charge in [-0.2, -0.15) is 0 Å². The molecule has 0 bridgehead atoms. The second-order valence-corrected chi connectivity index (χ2v) is 7.91. The standard InChI is InChI=1S/C22H29N/c1-16-15-23-22(14-21(16)18-9-4-5-10-18)20-12-6-11-19(13-20)17-7-2-3-8-17/h6,11-13,15,17-18,21H,2-5,7-10,14H2,1H3. The van der Waals surface area contributed by atoms with E-state index >= 15 is 0 Å². The molecule has 23 heavy (non-hydrogen) atoms. The lowest BCUT2D eigenvalue weighted by molar-refractivity contribution is 0.394. The van der Waals surface area contributed by atoms with E-state index < -0.39 is 0 Å². The van der Waals surface area contributed by atoms with Gasteiger partial charge in [-0.05, 0) is 74.0 Å². The molecule has 2 fully saturated rings. The number of hydrogen-bond acceptors (Lipinski definition) is 1. The zero-order valence-corrected chi connectivity index (χ0v) is 14.4. The van der Waals surface area contributed by atoms with Crippen LogP contribution in [0.15, 0.2) is 41.0 Å². The Morgan fingerprint density at radius 2 is 1.70 bits per heavy atom. The first-order chi connectivity index (χ1) is 11.3. The van der Waals surface area contributed by atoms with E-state index in [-0.39, 0.29) is 0 Å². The second-order valence-electron chi connectivity index (χ2n) is 7.91. The molecular weight excluding hydrogens is 278 g/mol. The average Bonchev–Trinajstić information content (AvgIpc) is 3.29. The summed E-state index contributed by atoms with van der Waals surface area (Å²) in [5.74, 6) is 2.43. The van der Waals surface area contributed by atoms with Crippen molar-refractivity contribution in [3.05, 3.63) is 47.2 Å². The summed E-state index contributed by atoms with van der Waals surface area (Å²) in [5, 5.41) is 0. The number of rotatable bonds is 3. The number of nitrogens with zero attached hydrogens (tertiary/aromatic N) is 1. The normalized spacial score (nSPS) is 26.4. The Kier molecular flexibility index (Phi) is 4.37. The first-order valence-electron chi connectivity index (χ1n) is 9.65. The fraction of sp³-hybridized carbons (Fsp3) is 0.591. The molecule has 2 saturated carbocycles. The van der Waals surface area contributed by atoms with Crippen LogP contribution in [0.2, 0.25) is 0 Å². The summed E-state index contributed by atoms with van der Waals surface area (Å²) >= 11 is 0. The number of aliphatic imine (C=N–C) groups is 1. The van der Waals surface area contributed by atoms with Gasteiger partial charge in [0.05, 0.1) is 0 Å². The first-order valence-corrected chi connectivity index (χ1v) is 9.65. The third-order valence-corrected chi connectivity index (χ3v) is 6.44. The van der Waals surface area contributed by atoms with Crippen molar-refractivity contribution in [1.29, 1.82) is 0 Å². The molecule has 0 N–H and O–H groups in total. The maximum Gasteiger partial charge on any atom is 0.0481 e. The van der Waals surface area contributed by atoms with Crippen LogP contribution in [-0.2, 0) is 0 Å². The van der Waals surface area contributed by atoms with Crippen molar-refractivity contribution >= 4 is 5.71 Å². The molecule has 4 rings (SSSR count). The van der Waals surface area contributed by atoms with Crippen molar-refractivity contribution in [3.8, 4) is 0 Å². The highest BCUT2D eigenvalue weighted by atomic mass is 14.7. The Labute approximate surface area is 140 Å². The highest BCUT2D eigenvalue weighted by molar-refractivity contribution is 6.02. The van der Waals surface area contributed by atoms with E-state index in [2.05, 4.69) is 37.4 Å². The van der Waals surface area contributed by atoms with E-state index in [4.69, 9.17) is 4.99 Å². The highest BCUT2D eigenvalue weighted by Gasteiger charge is 2.29. The minimum Gasteiger partial charge on any atom is -0.261 e. The van der Waals surface area contributed by atoms with Gasteiger partial charge in [-0.3, -0.25) is 4.99 Å². The minimum absolute atomic E-state index is 0.736. The maximum atomic E-state index is 4.82. The van der Waals surface area contributed by atoms with E-state index in [1.165, 1.54) is 68.2 Å². The third-order valence-electron chi connectivity index (χ3n) is 6.44. The molecule has 1 atom stereocenters. The van der Waals surface area contributed by atoms with Crippen LogP contribution in [0.4, 0.5) is 0 Å².